The van der Waals surface area contributed by atoms with Crippen LogP contribution >= 0.6 is 11.8 Å². The Bertz CT molecular complexity index is 283. The number of nitrogen functional groups attached to an aromatic ring is 2. The molecule has 0 aliphatic heterocycles. The Balaban J connectivity index is 2.75. The van der Waals surface area contributed by atoms with Crippen molar-refractivity contribution in [2.75, 3.05) is 24.7 Å². The Morgan fingerprint density at radius 2 is 1.57 bits per heavy atom. The number of hydrogen-bond acceptors (Lipinski definition) is 5. The van der Waals surface area contributed by atoms with Crippen molar-refractivity contribution in [3.05, 3.63) is 18.2 Å². The van der Waals surface area contributed by atoms with E-state index in [2.05, 4.69) is 0 Å². The van der Waals surface area contributed by atoms with Crippen molar-refractivity contribution in [3.63, 3.8) is 0 Å². The first-order valence-corrected chi connectivity index (χ1v) is 5.08. The van der Waals surface area contributed by atoms with Gasteiger partial charge in [0.1, 0.15) is 0 Å². The number of anilines is 2. The summed E-state index contributed by atoms with van der Waals surface area (Å²) in [6.45, 7) is -0.147. The van der Waals surface area contributed by atoms with Crippen molar-refractivity contribution >= 4 is 23.1 Å². The molecule has 0 aromatic heterocycles. The molecule has 14 heavy (non-hydrogen) atoms. The van der Waals surface area contributed by atoms with Gasteiger partial charge >= 0.3 is 0 Å². The summed E-state index contributed by atoms with van der Waals surface area (Å²) >= 11 is 1.36. The van der Waals surface area contributed by atoms with Gasteiger partial charge in [0.05, 0.1) is 18.5 Å². The third-order valence-electron chi connectivity index (χ3n) is 1.66. The predicted octanol–water partition coefficient (Wildman–Crippen LogP) is 0.296. The molecule has 0 radical (unpaired) electrons. The van der Waals surface area contributed by atoms with Crippen LogP contribution in [-0.4, -0.2) is 28.7 Å². The van der Waals surface area contributed by atoms with E-state index in [0.29, 0.717) is 11.4 Å². The summed E-state index contributed by atoms with van der Waals surface area (Å²) < 4.78 is 0. The van der Waals surface area contributed by atoms with Gasteiger partial charge in [-0.05, 0) is 18.2 Å². The van der Waals surface area contributed by atoms with Crippen molar-refractivity contribution in [1.29, 1.82) is 0 Å². The van der Waals surface area contributed by atoms with E-state index >= 15 is 0 Å². The molecular formula is C9H14N2O2S. The Morgan fingerprint density at radius 3 is 2.00 bits per heavy atom. The maximum absolute atomic E-state index is 8.88. The SMILES string of the molecule is Nc1cc(N)cc(SC(CO)CO)c1. The highest BCUT2D eigenvalue weighted by Gasteiger charge is 2.08. The average Bonchev–Trinajstić information content (AvgIpc) is 2.12. The highest BCUT2D eigenvalue weighted by Crippen LogP contribution is 2.27. The molecule has 6 N–H and O–H groups in total. The Kier molecular flexibility index (Phi) is 4.06. The topological polar surface area (TPSA) is 92.5 Å². The van der Waals surface area contributed by atoms with Gasteiger partial charge in [0.25, 0.3) is 0 Å². The second-order valence-corrected chi connectivity index (χ2v) is 4.31. The van der Waals surface area contributed by atoms with Crippen LogP contribution < -0.4 is 11.5 Å². The van der Waals surface area contributed by atoms with Crippen molar-refractivity contribution in [2.24, 2.45) is 0 Å². The van der Waals surface area contributed by atoms with Crippen LogP contribution in [0.25, 0.3) is 0 Å². The van der Waals surface area contributed by atoms with Gasteiger partial charge in [-0.15, -0.1) is 11.8 Å². The molecule has 1 aromatic carbocycles. The van der Waals surface area contributed by atoms with Gasteiger partial charge in [0, 0.05) is 16.3 Å². The van der Waals surface area contributed by atoms with Crippen LogP contribution in [0, 0.1) is 0 Å². The summed E-state index contributed by atoms with van der Waals surface area (Å²) in [5, 5.41) is 17.5. The van der Waals surface area contributed by atoms with E-state index < -0.39 is 0 Å². The highest BCUT2D eigenvalue weighted by molar-refractivity contribution is 8.00. The quantitative estimate of drug-likeness (QED) is 0.427. The lowest BCUT2D eigenvalue weighted by atomic mass is 10.3. The van der Waals surface area contributed by atoms with Crippen LogP contribution in [0.15, 0.2) is 23.1 Å². The molecule has 0 aliphatic rings. The minimum atomic E-state index is -0.226. The van der Waals surface area contributed by atoms with Crippen molar-refractivity contribution < 1.29 is 10.2 Å². The smallest absolute Gasteiger partial charge is 0.0575 e. The standard InChI is InChI=1S/C9H14N2O2S/c10-6-1-7(11)3-8(2-6)14-9(4-12)5-13/h1-3,9,12-13H,4-5,10-11H2. The van der Waals surface area contributed by atoms with Crippen LogP contribution in [0.1, 0.15) is 0 Å². The molecule has 0 atom stereocenters. The summed E-state index contributed by atoms with van der Waals surface area (Å²) in [5.74, 6) is 0. The van der Waals surface area contributed by atoms with Gasteiger partial charge in [0.2, 0.25) is 0 Å². The largest absolute Gasteiger partial charge is 0.399 e. The number of benzene rings is 1. The molecule has 1 aromatic rings. The van der Waals surface area contributed by atoms with E-state index in [1.165, 1.54) is 11.8 Å². The molecule has 1 rings (SSSR count). The molecule has 0 amide bonds. The van der Waals surface area contributed by atoms with E-state index in [0.717, 1.165) is 4.90 Å². The fourth-order valence-corrected chi connectivity index (χ4v) is 1.98. The van der Waals surface area contributed by atoms with Gasteiger partial charge in [-0.2, -0.15) is 0 Å². The molecule has 0 saturated heterocycles. The van der Waals surface area contributed by atoms with Crippen molar-refractivity contribution in [2.45, 2.75) is 10.1 Å². The molecule has 0 saturated carbocycles. The van der Waals surface area contributed by atoms with Crippen LogP contribution in [0.3, 0.4) is 0 Å². The highest BCUT2D eigenvalue weighted by atomic mass is 32.2. The molecule has 0 spiro atoms. The third-order valence-corrected chi connectivity index (χ3v) is 2.80. The van der Waals surface area contributed by atoms with Gasteiger partial charge in [-0.25, -0.2) is 0 Å². The van der Waals surface area contributed by atoms with Gasteiger partial charge in [-0.3, -0.25) is 0 Å². The summed E-state index contributed by atoms with van der Waals surface area (Å²) in [7, 11) is 0. The van der Waals surface area contributed by atoms with E-state index in [9.17, 15) is 0 Å². The Labute approximate surface area is 86.9 Å². The zero-order chi connectivity index (χ0) is 10.6. The Hall–Kier alpha value is -0.910. The summed E-state index contributed by atoms with van der Waals surface area (Å²) in [5.41, 5.74) is 12.4. The van der Waals surface area contributed by atoms with E-state index in [4.69, 9.17) is 21.7 Å². The second-order valence-electron chi connectivity index (χ2n) is 2.94. The van der Waals surface area contributed by atoms with Crippen LogP contribution in [0.2, 0.25) is 0 Å². The lowest BCUT2D eigenvalue weighted by Crippen LogP contribution is -2.13. The number of hydrogen-bond donors (Lipinski definition) is 4. The predicted molar refractivity (Wildman–Crippen MR) is 59.1 cm³/mol. The third kappa shape index (κ3) is 3.10. The molecule has 0 unspecified atom stereocenters. The number of rotatable bonds is 4. The minimum Gasteiger partial charge on any atom is -0.399 e. The lowest BCUT2D eigenvalue weighted by Gasteiger charge is -2.11. The lowest BCUT2D eigenvalue weighted by molar-refractivity contribution is 0.228. The normalized spacial score (nSPS) is 10.8. The van der Waals surface area contributed by atoms with Crippen LogP contribution in [0.5, 0.6) is 0 Å². The second kappa shape index (κ2) is 5.09. The first-order valence-electron chi connectivity index (χ1n) is 4.20. The van der Waals surface area contributed by atoms with Crippen LogP contribution in [-0.2, 0) is 0 Å². The first kappa shape index (κ1) is 11.2. The average molecular weight is 214 g/mol. The van der Waals surface area contributed by atoms with Crippen molar-refractivity contribution in [1.82, 2.24) is 0 Å². The van der Waals surface area contributed by atoms with Gasteiger partial charge < -0.3 is 21.7 Å². The molecule has 0 bridgehead atoms. The zero-order valence-electron chi connectivity index (χ0n) is 7.68. The molecule has 0 aliphatic carbocycles. The Morgan fingerprint density at radius 1 is 1.07 bits per heavy atom. The minimum absolute atomic E-state index is 0.0735. The van der Waals surface area contributed by atoms with Crippen molar-refractivity contribution in [3.8, 4) is 0 Å². The van der Waals surface area contributed by atoms with Gasteiger partial charge in [-0.1, -0.05) is 0 Å². The van der Waals surface area contributed by atoms with E-state index in [1.54, 1.807) is 18.2 Å². The molecular weight excluding hydrogens is 200 g/mol. The summed E-state index contributed by atoms with van der Waals surface area (Å²) in [6.07, 6.45) is 0. The molecule has 0 heterocycles. The molecule has 0 fully saturated rings. The number of nitrogens with two attached hydrogens (primary N) is 2. The maximum atomic E-state index is 8.88. The fraction of sp³-hybridized carbons (Fsp3) is 0.333. The first-order chi connectivity index (χ1) is 6.65. The zero-order valence-corrected chi connectivity index (χ0v) is 8.50. The number of aliphatic hydroxyl groups is 2. The molecule has 78 valence electrons. The number of aliphatic hydroxyl groups excluding tert-OH is 2. The van der Waals surface area contributed by atoms with Gasteiger partial charge in [0.15, 0.2) is 0 Å². The van der Waals surface area contributed by atoms with E-state index in [-0.39, 0.29) is 18.5 Å². The summed E-state index contributed by atoms with van der Waals surface area (Å²) in [6, 6.07) is 5.19. The summed E-state index contributed by atoms with van der Waals surface area (Å²) in [4.78, 5) is 0.857. The number of thioether (sulfide) groups is 1. The molecule has 4 nitrogen and oxygen atoms in total. The van der Waals surface area contributed by atoms with Crippen LogP contribution in [0.4, 0.5) is 11.4 Å². The fourth-order valence-electron chi connectivity index (χ4n) is 1.04. The monoisotopic (exact) mass is 214 g/mol. The maximum Gasteiger partial charge on any atom is 0.0575 e. The molecule has 5 heteroatoms. The van der Waals surface area contributed by atoms with E-state index in [1.807, 2.05) is 0 Å².